The Hall–Kier alpha value is -3.32. The third-order valence-corrected chi connectivity index (χ3v) is 4.52. The number of carbonyl (C=O) groups excluding carboxylic acids is 1. The molecule has 164 valence electrons. The first-order valence-corrected chi connectivity index (χ1v) is 9.74. The summed E-state index contributed by atoms with van der Waals surface area (Å²) < 4.78 is 37.4. The third-order valence-electron chi connectivity index (χ3n) is 4.30. The maximum absolute atomic E-state index is 12.7. The van der Waals surface area contributed by atoms with Crippen molar-refractivity contribution in [3.05, 3.63) is 59.7 Å². The highest BCUT2D eigenvalue weighted by molar-refractivity contribution is 7.80. The molecule has 0 aliphatic rings. The van der Waals surface area contributed by atoms with E-state index in [9.17, 15) is 28.3 Å². The van der Waals surface area contributed by atoms with E-state index in [1.165, 1.54) is 36.4 Å². The van der Waals surface area contributed by atoms with Crippen LogP contribution in [0.25, 0.3) is 0 Å². The molecule has 0 radical (unpaired) electrons. The summed E-state index contributed by atoms with van der Waals surface area (Å²) in [5.41, 5.74) is 1.30. The molecule has 1 amide bonds. The van der Waals surface area contributed by atoms with Crippen molar-refractivity contribution in [3.63, 3.8) is 0 Å². The van der Waals surface area contributed by atoms with Crippen molar-refractivity contribution in [3.8, 4) is 11.9 Å². The minimum Gasteiger partial charge on any atom is -0.508 e. The molecule has 3 N–H and O–H groups in total. The number of hydrogen-bond donors (Lipinski definition) is 3. The van der Waals surface area contributed by atoms with E-state index in [1.807, 2.05) is 6.19 Å². The Bertz CT molecular complexity index is 941. The van der Waals surface area contributed by atoms with Crippen LogP contribution in [0.2, 0.25) is 0 Å². The summed E-state index contributed by atoms with van der Waals surface area (Å²) in [7, 11) is 0. The Kier molecular flexibility index (Phi) is 8.22. The van der Waals surface area contributed by atoms with Gasteiger partial charge in [-0.2, -0.15) is 18.4 Å². The van der Waals surface area contributed by atoms with Crippen LogP contribution in [-0.4, -0.2) is 39.8 Å². The molecule has 2 aromatic carbocycles. The molecule has 0 saturated heterocycles. The highest BCUT2D eigenvalue weighted by Gasteiger charge is 2.27. The first-order chi connectivity index (χ1) is 14.6. The number of anilines is 1. The minimum absolute atomic E-state index is 0.0784. The first-order valence-electron chi connectivity index (χ1n) is 9.33. The number of amides is 1. The number of hydrogen-bond acceptors (Lipinski definition) is 4. The van der Waals surface area contributed by atoms with Crippen LogP contribution in [0.1, 0.15) is 18.1 Å². The lowest BCUT2D eigenvalue weighted by atomic mass is 10.0. The molecule has 1 atom stereocenters. The van der Waals surface area contributed by atoms with E-state index in [4.69, 9.17) is 12.2 Å². The number of aromatic hydroxyl groups is 1. The minimum atomic E-state index is -4.29. The van der Waals surface area contributed by atoms with Crippen LogP contribution in [-0.2, 0) is 17.6 Å². The molecule has 6 nitrogen and oxygen atoms in total. The van der Waals surface area contributed by atoms with Crippen molar-refractivity contribution in [2.75, 3.05) is 11.9 Å². The van der Waals surface area contributed by atoms with Crippen LogP contribution >= 0.6 is 12.2 Å². The monoisotopic (exact) mass is 450 g/mol. The molecule has 2 rings (SSSR count). The van der Waals surface area contributed by atoms with Gasteiger partial charge in [0.2, 0.25) is 0 Å². The molecule has 0 spiro atoms. The zero-order chi connectivity index (χ0) is 23.0. The van der Waals surface area contributed by atoms with Crippen molar-refractivity contribution in [1.29, 1.82) is 5.26 Å². The van der Waals surface area contributed by atoms with Gasteiger partial charge in [-0.1, -0.05) is 24.3 Å². The summed E-state index contributed by atoms with van der Waals surface area (Å²) in [5.74, 6) is -0.402. The smallest absolute Gasteiger partial charge is 0.393 e. The average Bonchev–Trinajstić information content (AvgIpc) is 2.70. The van der Waals surface area contributed by atoms with E-state index in [-0.39, 0.29) is 29.4 Å². The largest absolute Gasteiger partial charge is 0.508 e. The van der Waals surface area contributed by atoms with Crippen molar-refractivity contribution in [2.45, 2.75) is 32.0 Å². The van der Waals surface area contributed by atoms with Gasteiger partial charge >= 0.3 is 6.18 Å². The highest BCUT2D eigenvalue weighted by atomic mass is 32.1. The molecule has 0 bridgehead atoms. The van der Waals surface area contributed by atoms with E-state index in [1.54, 1.807) is 19.1 Å². The maximum Gasteiger partial charge on any atom is 0.393 e. The lowest BCUT2D eigenvalue weighted by Gasteiger charge is -2.23. The van der Waals surface area contributed by atoms with Crippen LogP contribution in [0.4, 0.5) is 18.9 Å². The summed E-state index contributed by atoms with van der Waals surface area (Å²) in [6.07, 6.45) is -3.30. The fourth-order valence-corrected chi connectivity index (χ4v) is 3.05. The summed E-state index contributed by atoms with van der Waals surface area (Å²) in [4.78, 5) is 13.7. The van der Waals surface area contributed by atoms with Crippen LogP contribution in [0, 0.1) is 11.5 Å². The Balaban J connectivity index is 2.10. The van der Waals surface area contributed by atoms with E-state index in [0.29, 0.717) is 5.69 Å². The standard InChI is InChI=1S/C21H21F3N4O2S/c1-2-28(13-25)19(30)18(11-14-5-9-17(29)10-6-14)27-20(31)26-16-7-3-15(4-8-16)12-21(22,23)24/h3-10,18,29H,2,11-12H2,1H3,(H2,26,27,31). The lowest BCUT2D eigenvalue weighted by molar-refractivity contribution is -0.130. The number of alkyl halides is 3. The molecule has 0 heterocycles. The predicted molar refractivity (Wildman–Crippen MR) is 114 cm³/mol. The van der Waals surface area contributed by atoms with Crippen LogP contribution < -0.4 is 10.6 Å². The second-order valence-electron chi connectivity index (χ2n) is 6.69. The number of rotatable bonds is 7. The number of carbonyl (C=O) groups is 1. The zero-order valence-corrected chi connectivity index (χ0v) is 17.4. The van der Waals surface area contributed by atoms with Gasteiger partial charge in [0.05, 0.1) is 6.42 Å². The van der Waals surface area contributed by atoms with Crippen molar-refractivity contribution in [1.82, 2.24) is 10.2 Å². The number of phenolic OH excluding ortho intramolecular Hbond substituents is 1. The number of nitrogens with zero attached hydrogens (tertiary/aromatic N) is 2. The molecule has 0 fully saturated rings. The second-order valence-corrected chi connectivity index (χ2v) is 7.10. The van der Waals surface area contributed by atoms with E-state index < -0.39 is 24.5 Å². The summed E-state index contributed by atoms with van der Waals surface area (Å²) in [6, 6.07) is 11.0. The molecular formula is C21H21F3N4O2S. The molecule has 0 aliphatic carbocycles. The molecule has 0 aromatic heterocycles. The Morgan fingerprint density at radius 1 is 1.16 bits per heavy atom. The number of halogens is 3. The van der Waals surface area contributed by atoms with E-state index >= 15 is 0 Å². The van der Waals surface area contributed by atoms with Gasteiger partial charge in [0.15, 0.2) is 11.3 Å². The average molecular weight is 450 g/mol. The quantitative estimate of drug-likeness (QED) is 0.339. The topological polar surface area (TPSA) is 88.4 Å². The maximum atomic E-state index is 12.7. The number of nitrogens with one attached hydrogen (secondary N) is 2. The molecule has 0 aliphatic heterocycles. The van der Waals surface area contributed by atoms with E-state index in [2.05, 4.69) is 10.6 Å². The van der Waals surface area contributed by atoms with Crippen LogP contribution in [0.15, 0.2) is 48.5 Å². The SMILES string of the molecule is CCN(C#N)C(=O)C(Cc1ccc(O)cc1)NC(=S)Nc1ccc(CC(F)(F)F)cc1. The fraction of sp³-hybridized carbons (Fsp3) is 0.286. The van der Waals surface area contributed by atoms with Gasteiger partial charge in [-0.3, -0.25) is 4.79 Å². The fourth-order valence-electron chi connectivity index (χ4n) is 2.79. The Morgan fingerprint density at radius 2 is 1.74 bits per heavy atom. The number of phenols is 1. The first kappa shape index (κ1) is 24.0. The van der Waals surface area contributed by atoms with Crippen molar-refractivity contribution in [2.24, 2.45) is 0 Å². The number of nitriles is 1. The Morgan fingerprint density at radius 3 is 2.26 bits per heavy atom. The Labute approximate surface area is 183 Å². The van der Waals surface area contributed by atoms with Gasteiger partial charge < -0.3 is 15.7 Å². The van der Waals surface area contributed by atoms with E-state index in [0.717, 1.165) is 10.5 Å². The van der Waals surface area contributed by atoms with Gasteiger partial charge in [-0.05, 0) is 54.5 Å². The number of thiocarbonyl (C=S) groups is 1. The second kappa shape index (κ2) is 10.6. The summed E-state index contributed by atoms with van der Waals surface area (Å²) in [6.45, 7) is 1.85. The zero-order valence-electron chi connectivity index (χ0n) is 16.6. The predicted octanol–water partition coefficient (Wildman–Crippen LogP) is 3.72. The summed E-state index contributed by atoms with van der Waals surface area (Å²) >= 11 is 5.25. The molecule has 2 aromatic rings. The van der Waals surface area contributed by atoms with Gasteiger partial charge in [-0.25, -0.2) is 4.90 Å². The number of benzene rings is 2. The normalized spacial score (nSPS) is 11.8. The van der Waals surface area contributed by atoms with Crippen molar-refractivity contribution < 1.29 is 23.1 Å². The summed E-state index contributed by atoms with van der Waals surface area (Å²) in [5, 5.41) is 24.4. The van der Waals surface area contributed by atoms with Gasteiger partial charge in [0, 0.05) is 18.7 Å². The lowest BCUT2D eigenvalue weighted by Crippen LogP contribution is -2.49. The van der Waals surface area contributed by atoms with Crippen LogP contribution in [0.3, 0.4) is 0 Å². The molecular weight excluding hydrogens is 429 g/mol. The molecule has 10 heteroatoms. The number of likely N-dealkylation sites (N-methyl/N-ethyl adjacent to an activating group) is 1. The third kappa shape index (κ3) is 7.79. The van der Waals surface area contributed by atoms with Gasteiger partial charge in [0.25, 0.3) is 5.91 Å². The molecule has 0 saturated carbocycles. The van der Waals surface area contributed by atoms with Gasteiger partial charge in [0.1, 0.15) is 11.8 Å². The van der Waals surface area contributed by atoms with Crippen LogP contribution in [0.5, 0.6) is 5.75 Å². The van der Waals surface area contributed by atoms with Crippen molar-refractivity contribution >= 4 is 28.9 Å². The molecule has 31 heavy (non-hydrogen) atoms. The molecule has 1 unspecified atom stereocenters. The van der Waals surface area contributed by atoms with Gasteiger partial charge in [-0.15, -0.1) is 0 Å². The highest BCUT2D eigenvalue weighted by Crippen LogP contribution is 2.22.